The first-order valence-corrected chi connectivity index (χ1v) is 3.20. The first-order valence-electron chi connectivity index (χ1n) is 2.38. The van der Waals surface area contributed by atoms with E-state index in [1.807, 2.05) is 20.9 Å². The molecule has 8 heavy (non-hydrogen) atoms. The highest BCUT2D eigenvalue weighted by atomic mass is 32.2. The average Bonchev–Trinajstić information content (AvgIpc) is 1.67. The van der Waals surface area contributed by atoms with Crippen molar-refractivity contribution < 1.29 is 0 Å². The number of rotatable bonds is 2. The van der Waals surface area contributed by atoms with Gasteiger partial charge in [-0.3, -0.25) is 4.72 Å². The number of nitriles is 1. The molecule has 0 atom stereocenters. The minimum atomic E-state index is -0.297. The van der Waals surface area contributed by atoms with Crippen LogP contribution >= 0.6 is 11.9 Å². The Morgan fingerprint density at radius 3 is 2.25 bits per heavy atom. The van der Waals surface area contributed by atoms with E-state index in [1.165, 1.54) is 11.9 Å². The molecule has 0 rings (SSSR count). The maximum atomic E-state index is 8.41. The van der Waals surface area contributed by atoms with Crippen LogP contribution in [0.25, 0.3) is 0 Å². The van der Waals surface area contributed by atoms with Gasteiger partial charge in [0.25, 0.3) is 0 Å². The second-order valence-electron chi connectivity index (χ2n) is 1.93. The Kier molecular flexibility index (Phi) is 2.88. The van der Waals surface area contributed by atoms with Gasteiger partial charge in [0.05, 0.1) is 6.07 Å². The molecule has 0 aromatic heterocycles. The first kappa shape index (κ1) is 7.80. The van der Waals surface area contributed by atoms with Crippen LogP contribution in [-0.4, -0.2) is 11.8 Å². The Bertz CT molecular complexity index is 103. The van der Waals surface area contributed by atoms with Crippen molar-refractivity contribution in [1.82, 2.24) is 4.72 Å². The third-order valence-electron chi connectivity index (χ3n) is 0.626. The molecule has 1 N–H and O–H groups in total. The summed E-state index contributed by atoms with van der Waals surface area (Å²) < 4.78 is 2.56. The quantitative estimate of drug-likeness (QED) is 0.570. The van der Waals surface area contributed by atoms with E-state index in [0.29, 0.717) is 0 Å². The van der Waals surface area contributed by atoms with Crippen molar-refractivity contribution >= 4 is 11.9 Å². The lowest BCUT2D eigenvalue weighted by Gasteiger charge is -2.11. The normalized spacial score (nSPS) is 10.8. The van der Waals surface area contributed by atoms with E-state index >= 15 is 0 Å². The molecule has 3 heteroatoms. The topological polar surface area (TPSA) is 35.8 Å². The third-order valence-corrected chi connectivity index (χ3v) is 1.43. The molecule has 46 valence electrons. The molecular weight excluding hydrogens is 120 g/mol. The maximum Gasteiger partial charge on any atom is 0.111 e. The zero-order chi connectivity index (χ0) is 6.62. The van der Waals surface area contributed by atoms with Crippen molar-refractivity contribution in [3.05, 3.63) is 0 Å². The van der Waals surface area contributed by atoms with Crippen LogP contribution in [-0.2, 0) is 0 Å². The fourth-order valence-electron chi connectivity index (χ4n) is 0.278. The molecule has 0 unspecified atom stereocenters. The van der Waals surface area contributed by atoms with Crippen molar-refractivity contribution in [2.24, 2.45) is 0 Å². The highest BCUT2D eigenvalue weighted by molar-refractivity contribution is 7.98. The van der Waals surface area contributed by atoms with E-state index in [-0.39, 0.29) is 4.75 Å². The molecule has 0 aromatic carbocycles. The SMILES string of the molecule is CNSC(C)(C)C#N. The first-order chi connectivity index (χ1) is 3.62. The maximum absolute atomic E-state index is 8.41. The van der Waals surface area contributed by atoms with Crippen LogP contribution in [0.15, 0.2) is 0 Å². The van der Waals surface area contributed by atoms with Gasteiger partial charge in [-0.25, -0.2) is 0 Å². The van der Waals surface area contributed by atoms with Crippen molar-refractivity contribution in [2.75, 3.05) is 7.05 Å². The van der Waals surface area contributed by atoms with Gasteiger partial charge in [-0.05, 0) is 20.9 Å². The Hall–Kier alpha value is -0.200. The van der Waals surface area contributed by atoms with Gasteiger partial charge < -0.3 is 0 Å². The summed E-state index contributed by atoms with van der Waals surface area (Å²) in [5.41, 5.74) is 0. The molecule has 0 amide bonds. The van der Waals surface area contributed by atoms with Crippen molar-refractivity contribution in [3.63, 3.8) is 0 Å². The van der Waals surface area contributed by atoms with E-state index in [9.17, 15) is 0 Å². The third kappa shape index (κ3) is 2.89. The second-order valence-corrected chi connectivity index (χ2v) is 3.56. The van der Waals surface area contributed by atoms with Crippen LogP contribution in [0.4, 0.5) is 0 Å². The molecule has 2 nitrogen and oxygen atoms in total. The van der Waals surface area contributed by atoms with Gasteiger partial charge in [-0.2, -0.15) is 5.26 Å². The van der Waals surface area contributed by atoms with Crippen LogP contribution in [0.5, 0.6) is 0 Å². The molecule has 0 spiro atoms. The molecular formula is C5H10N2S. The molecule has 0 saturated heterocycles. The minimum Gasteiger partial charge on any atom is -0.266 e. The zero-order valence-corrected chi connectivity index (χ0v) is 6.17. The summed E-state index contributed by atoms with van der Waals surface area (Å²) in [6, 6.07) is 2.14. The summed E-state index contributed by atoms with van der Waals surface area (Å²) in [6.45, 7) is 3.74. The number of nitrogens with one attached hydrogen (secondary N) is 1. The van der Waals surface area contributed by atoms with Crippen LogP contribution in [0.2, 0.25) is 0 Å². The molecule has 0 aliphatic rings. The van der Waals surface area contributed by atoms with E-state index in [1.54, 1.807) is 0 Å². The largest absolute Gasteiger partial charge is 0.266 e. The molecule has 0 saturated carbocycles. The summed E-state index contributed by atoms with van der Waals surface area (Å²) in [6.07, 6.45) is 0. The summed E-state index contributed by atoms with van der Waals surface area (Å²) in [5, 5.41) is 8.41. The van der Waals surface area contributed by atoms with Gasteiger partial charge >= 0.3 is 0 Å². The van der Waals surface area contributed by atoms with Crippen LogP contribution < -0.4 is 4.72 Å². The molecule has 0 aromatic rings. The Labute approximate surface area is 54.4 Å². The summed E-state index contributed by atoms with van der Waals surface area (Å²) in [7, 11) is 1.81. The van der Waals surface area contributed by atoms with E-state index < -0.39 is 0 Å². The molecule has 0 aliphatic heterocycles. The van der Waals surface area contributed by atoms with Crippen LogP contribution in [0.1, 0.15) is 13.8 Å². The van der Waals surface area contributed by atoms with Crippen LogP contribution in [0, 0.1) is 11.3 Å². The Morgan fingerprint density at radius 2 is 2.12 bits per heavy atom. The Balaban J connectivity index is 3.59. The van der Waals surface area contributed by atoms with E-state index in [2.05, 4.69) is 10.8 Å². The van der Waals surface area contributed by atoms with Crippen LogP contribution in [0.3, 0.4) is 0 Å². The van der Waals surface area contributed by atoms with Crippen molar-refractivity contribution in [2.45, 2.75) is 18.6 Å². The molecule has 0 fully saturated rings. The number of hydrogen-bond donors (Lipinski definition) is 1. The lowest BCUT2D eigenvalue weighted by Crippen LogP contribution is -2.15. The van der Waals surface area contributed by atoms with E-state index in [4.69, 9.17) is 5.26 Å². The summed E-state index contributed by atoms with van der Waals surface area (Å²) in [4.78, 5) is 0. The monoisotopic (exact) mass is 130 g/mol. The van der Waals surface area contributed by atoms with Gasteiger partial charge in [0.2, 0.25) is 0 Å². The van der Waals surface area contributed by atoms with E-state index in [0.717, 1.165) is 0 Å². The smallest absolute Gasteiger partial charge is 0.111 e. The lowest BCUT2D eigenvalue weighted by atomic mass is 10.2. The van der Waals surface area contributed by atoms with Gasteiger partial charge in [0.15, 0.2) is 0 Å². The summed E-state index contributed by atoms with van der Waals surface area (Å²) >= 11 is 1.42. The van der Waals surface area contributed by atoms with Crippen molar-refractivity contribution in [3.8, 4) is 6.07 Å². The van der Waals surface area contributed by atoms with Crippen molar-refractivity contribution in [1.29, 1.82) is 5.26 Å². The lowest BCUT2D eigenvalue weighted by molar-refractivity contribution is 0.905. The summed E-state index contributed by atoms with van der Waals surface area (Å²) in [5.74, 6) is 0. The van der Waals surface area contributed by atoms with Gasteiger partial charge in [0.1, 0.15) is 4.75 Å². The second kappa shape index (κ2) is 2.95. The fraction of sp³-hybridized carbons (Fsp3) is 0.800. The standard InChI is InChI=1S/C5H10N2S/c1-5(2,4-6)8-7-3/h7H,1-3H3. The predicted molar refractivity (Wildman–Crippen MR) is 36.3 cm³/mol. The molecule has 0 radical (unpaired) electrons. The highest BCUT2D eigenvalue weighted by Crippen LogP contribution is 2.17. The highest BCUT2D eigenvalue weighted by Gasteiger charge is 2.15. The van der Waals surface area contributed by atoms with Gasteiger partial charge in [-0.1, -0.05) is 11.9 Å². The average molecular weight is 130 g/mol. The number of nitrogens with zero attached hydrogens (tertiary/aromatic N) is 1. The molecule has 0 aliphatic carbocycles. The molecule has 0 bridgehead atoms. The van der Waals surface area contributed by atoms with Gasteiger partial charge in [-0.15, -0.1) is 0 Å². The number of hydrogen-bond acceptors (Lipinski definition) is 3. The van der Waals surface area contributed by atoms with Gasteiger partial charge in [0, 0.05) is 0 Å². The zero-order valence-electron chi connectivity index (χ0n) is 5.36. The minimum absolute atomic E-state index is 0.297. The predicted octanol–water partition coefficient (Wildman–Crippen LogP) is 1.16. The molecule has 0 heterocycles. The fourth-order valence-corrected chi connectivity index (χ4v) is 0.834. The Morgan fingerprint density at radius 1 is 1.62 bits per heavy atom.